The number of rotatable bonds is 5. The Morgan fingerprint density at radius 3 is 2.20 bits per heavy atom. The van der Waals surface area contributed by atoms with E-state index in [4.69, 9.17) is 5.73 Å². The van der Waals surface area contributed by atoms with E-state index in [0.29, 0.717) is 0 Å². The highest BCUT2D eigenvalue weighted by Crippen LogP contribution is 2.61. The predicted molar refractivity (Wildman–Crippen MR) is 94.3 cm³/mol. The van der Waals surface area contributed by atoms with E-state index < -0.39 is 15.9 Å². The van der Waals surface area contributed by atoms with Gasteiger partial charge in [-0.25, -0.2) is 13.1 Å². The van der Waals surface area contributed by atoms with Crippen LogP contribution in [0.5, 0.6) is 0 Å². The van der Waals surface area contributed by atoms with Crippen LogP contribution in [0.1, 0.15) is 55.9 Å². The zero-order valence-electron chi connectivity index (χ0n) is 14.9. The molecule has 0 aliphatic heterocycles. The van der Waals surface area contributed by atoms with Crippen LogP contribution in [0, 0.1) is 23.2 Å². The molecular weight excluding hydrogens is 338 g/mol. The van der Waals surface area contributed by atoms with Gasteiger partial charge in [-0.1, -0.05) is 0 Å². The molecule has 6 nitrogen and oxygen atoms in total. The number of aromatic nitrogens is 1. The minimum Gasteiger partial charge on any atom is -0.364 e. The molecule has 4 saturated carbocycles. The average Bonchev–Trinajstić information content (AvgIpc) is 2.88. The fraction of sp³-hybridized carbons (Fsp3) is 0.722. The predicted octanol–water partition coefficient (Wildman–Crippen LogP) is 2.01. The summed E-state index contributed by atoms with van der Waals surface area (Å²) in [6.45, 7) is 2.02. The molecular formula is C18H27N3O3S. The first-order valence-electron chi connectivity index (χ1n) is 9.17. The van der Waals surface area contributed by atoms with Crippen molar-refractivity contribution < 1.29 is 13.2 Å². The summed E-state index contributed by atoms with van der Waals surface area (Å²) < 4.78 is 30.1. The molecule has 4 fully saturated rings. The lowest BCUT2D eigenvalue weighted by molar-refractivity contribution is -0.0666. The number of amides is 1. The summed E-state index contributed by atoms with van der Waals surface area (Å²) in [4.78, 5) is 11.5. The van der Waals surface area contributed by atoms with Crippen molar-refractivity contribution in [3.63, 3.8) is 0 Å². The van der Waals surface area contributed by atoms with Crippen molar-refractivity contribution in [2.24, 2.45) is 36.0 Å². The third kappa shape index (κ3) is 2.81. The Morgan fingerprint density at radius 2 is 1.76 bits per heavy atom. The maximum Gasteiger partial charge on any atom is 0.265 e. The van der Waals surface area contributed by atoms with Crippen molar-refractivity contribution in [2.45, 2.75) is 56.4 Å². The van der Waals surface area contributed by atoms with Crippen LogP contribution in [0.15, 0.2) is 17.2 Å². The van der Waals surface area contributed by atoms with Gasteiger partial charge in [0.05, 0.1) is 0 Å². The third-order valence-corrected chi connectivity index (χ3v) is 8.39. The Kier molecular flexibility index (Phi) is 3.81. The molecule has 4 aliphatic carbocycles. The number of hydrogen-bond donors (Lipinski definition) is 2. The van der Waals surface area contributed by atoms with E-state index in [-0.39, 0.29) is 22.0 Å². The van der Waals surface area contributed by atoms with E-state index >= 15 is 0 Å². The first-order chi connectivity index (χ1) is 11.7. The van der Waals surface area contributed by atoms with Gasteiger partial charge in [0.1, 0.15) is 10.6 Å². The van der Waals surface area contributed by atoms with Crippen LogP contribution < -0.4 is 10.5 Å². The van der Waals surface area contributed by atoms with E-state index in [2.05, 4.69) is 4.72 Å². The van der Waals surface area contributed by atoms with E-state index in [1.165, 1.54) is 36.1 Å². The number of nitrogens with two attached hydrogens (primary N) is 1. The van der Waals surface area contributed by atoms with Crippen LogP contribution in [0.3, 0.4) is 0 Å². The lowest BCUT2D eigenvalue weighted by atomic mass is 9.48. The molecule has 0 spiro atoms. The van der Waals surface area contributed by atoms with Crippen molar-refractivity contribution in [1.82, 2.24) is 9.29 Å². The lowest BCUT2D eigenvalue weighted by Crippen LogP contribution is -2.55. The second-order valence-corrected chi connectivity index (χ2v) is 10.4. The Balaban J connectivity index is 1.57. The summed E-state index contributed by atoms with van der Waals surface area (Å²) in [5, 5.41) is 0. The van der Waals surface area contributed by atoms with E-state index in [1.54, 1.807) is 7.05 Å². The van der Waals surface area contributed by atoms with Gasteiger partial charge in [-0.2, -0.15) is 0 Å². The SMILES string of the molecule is CC(NS(=O)(=O)c1cc(C(N)=O)n(C)c1)C12CC3CC(CC(C3)C1)C2. The van der Waals surface area contributed by atoms with Gasteiger partial charge in [0.25, 0.3) is 5.91 Å². The molecule has 1 heterocycles. The first-order valence-corrected chi connectivity index (χ1v) is 10.7. The molecule has 1 unspecified atom stereocenters. The van der Waals surface area contributed by atoms with Crippen molar-refractivity contribution in [1.29, 1.82) is 0 Å². The van der Waals surface area contributed by atoms with Crippen molar-refractivity contribution in [3.05, 3.63) is 18.0 Å². The van der Waals surface area contributed by atoms with Gasteiger partial charge in [-0.3, -0.25) is 4.79 Å². The van der Waals surface area contributed by atoms with Crippen molar-refractivity contribution in [2.75, 3.05) is 0 Å². The monoisotopic (exact) mass is 365 g/mol. The molecule has 0 saturated heterocycles. The number of carbonyl (C=O) groups excluding carboxylic acids is 1. The number of sulfonamides is 1. The zero-order valence-corrected chi connectivity index (χ0v) is 15.7. The van der Waals surface area contributed by atoms with Crippen molar-refractivity contribution >= 4 is 15.9 Å². The van der Waals surface area contributed by atoms with Crippen LogP contribution in [0.2, 0.25) is 0 Å². The van der Waals surface area contributed by atoms with Crippen LogP contribution in [-0.4, -0.2) is 24.9 Å². The van der Waals surface area contributed by atoms with Crippen LogP contribution >= 0.6 is 0 Å². The highest BCUT2D eigenvalue weighted by atomic mass is 32.2. The van der Waals surface area contributed by atoms with Gasteiger partial charge in [-0.05, 0) is 74.7 Å². The fourth-order valence-corrected chi connectivity index (χ4v) is 7.48. The minimum absolute atomic E-state index is 0.0943. The van der Waals surface area contributed by atoms with Gasteiger partial charge in [0, 0.05) is 19.3 Å². The van der Waals surface area contributed by atoms with Gasteiger partial charge in [0.15, 0.2) is 0 Å². The van der Waals surface area contributed by atoms with Crippen molar-refractivity contribution in [3.8, 4) is 0 Å². The fourth-order valence-electron chi connectivity index (χ4n) is 6.06. The first kappa shape index (κ1) is 17.1. The summed E-state index contributed by atoms with van der Waals surface area (Å²) in [7, 11) is -2.04. The van der Waals surface area contributed by atoms with E-state index in [0.717, 1.165) is 37.0 Å². The molecule has 25 heavy (non-hydrogen) atoms. The molecule has 4 aliphatic rings. The summed E-state index contributed by atoms with van der Waals surface area (Å²) in [6, 6.07) is 1.26. The molecule has 1 amide bonds. The van der Waals surface area contributed by atoms with Crippen LogP contribution in [-0.2, 0) is 17.1 Å². The number of primary amides is 1. The summed E-state index contributed by atoms with van der Waals surface area (Å²) in [5.41, 5.74) is 5.60. The molecule has 138 valence electrons. The lowest BCUT2D eigenvalue weighted by Gasteiger charge is -2.59. The molecule has 5 rings (SSSR count). The summed E-state index contributed by atoms with van der Waals surface area (Å²) in [5.74, 6) is 1.70. The van der Waals surface area contributed by atoms with Gasteiger partial charge >= 0.3 is 0 Å². The van der Waals surface area contributed by atoms with Gasteiger partial charge in [0.2, 0.25) is 10.0 Å². The van der Waals surface area contributed by atoms with Gasteiger partial charge < -0.3 is 10.3 Å². The van der Waals surface area contributed by atoms with E-state index in [9.17, 15) is 13.2 Å². The molecule has 0 radical (unpaired) electrons. The standard InChI is InChI=1S/C18H27N3O3S/c1-11(18-7-12-3-13(8-18)5-14(4-12)9-18)20-25(23,24)15-6-16(17(19)22)21(2)10-15/h6,10-14,20H,3-5,7-9H2,1-2H3,(H2,19,22). The molecule has 7 heteroatoms. The summed E-state index contributed by atoms with van der Waals surface area (Å²) in [6.07, 6.45) is 8.88. The molecule has 1 aromatic heterocycles. The number of nitrogens with zero attached hydrogens (tertiary/aromatic N) is 1. The normalized spacial score (nSPS) is 35.0. The Hall–Kier alpha value is -1.34. The maximum atomic E-state index is 12.8. The molecule has 0 aromatic carbocycles. The maximum absolute atomic E-state index is 12.8. The van der Waals surface area contributed by atoms with Gasteiger partial charge in [-0.15, -0.1) is 0 Å². The number of carbonyl (C=O) groups is 1. The number of aryl methyl sites for hydroxylation is 1. The Labute approximate surface area is 149 Å². The van der Waals surface area contributed by atoms with Crippen LogP contribution in [0.4, 0.5) is 0 Å². The Morgan fingerprint density at radius 1 is 1.24 bits per heavy atom. The van der Waals surface area contributed by atoms with Crippen LogP contribution in [0.25, 0.3) is 0 Å². The summed E-state index contributed by atoms with van der Waals surface area (Å²) >= 11 is 0. The topological polar surface area (TPSA) is 94.2 Å². The minimum atomic E-state index is -3.67. The quantitative estimate of drug-likeness (QED) is 0.836. The number of hydrogen-bond acceptors (Lipinski definition) is 3. The molecule has 1 aromatic rings. The number of nitrogens with one attached hydrogen (secondary N) is 1. The van der Waals surface area contributed by atoms with E-state index in [1.807, 2.05) is 6.92 Å². The smallest absolute Gasteiger partial charge is 0.265 e. The second kappa shape index (κ2) is 5.58. The zero-order chi connectivity index (χ0) is 18.0. The second-order valence-electron chi connectivity index (χ2n) is 8.66. The molecule has 1 atom stereocenters. The largest absolute Gasteiger partial charge is 0.364 e. The average molecular weight is 365 g/mol. The molecule has 4 bridgehead atoms. The third-order valence-electron chi connectivity index (χ3n) is 6.88. The highest BCUT2D eigenvalue weighted by molar-refractivity contribution is 7.89. The Bertz CT molecular complexity index is 776. The molecule has 3 N–H and O–H groups in total. The highest BCUT2D eigenvalue weighted by Gasteiger charge is 2.53.